The van der Waals surface area contributed by atoms with Gasteiger partial charge in [0.1, 0.15) is 5.16 Å². The van der Waals surface area contributed by atoms with Crippen molar-refractivity contribution in [2.75, 3.05) is 13.7 Å². The number of rotatable bonds is 4. The molecule has 0 aromatic carbocycles. The van der Waals surface area contributed by atoms with Gasteiger partial charge in [-0.15, -0.1) is 0 Å². The fraction of sp³-hybridized carbons (Fsp3) is 0.600. The number of nitrogens with zero attached hydrogens (tertiary/aromatic N) is 3. The van der Waals surface area contributed by atoms with Crippen molar-refractivity contribution in [1.82, 2.24) is 5.16 Å². The summed E-state index contributed by atoms with van der Waals surface area (Å²) in [5, 5.41) is 24.2. The van der Waals surface area contributed by atoms with Crippen LogP contribution in [0.15, 0.2) is 4.63 Å². The van der Waals surface area contributed by atoms with Gasteiger partial charge in [0.2, 0.25) is 0 Å². The van der Waals surface area contributed by atoms with Crippen LogP contribution in [-0.4, -0.2) is 23.8 Å². The first-order valence-corrected chi connectivity index (χ1v) is 3.38. The van der Waals surface area contributed by atoms with E-state index in [0.717, 1.165) is 0 Å². The van der Waals surface area contributed by atoms with Gasteiger partial charge in [0.05, 0.1) is 17.9 Å². The van der Waals surface area contributed by atoms with Crippen molar-refractivity contribution in [3.8, 4) is 0 Å². The molecule has 0 N–H and O–H groups in total. The highest BCUT2D eigenvalue weighted by Crippen LogP contribution is 2.10. The number of hydrogen-bond donors (Lipinski definition) is 0. The molecule has 0 aliphatic heterocycles. The first kappa shape index (κ1) is 9.39. The van der Waals surface area contributed by atoms with Crippen molar-refractivity contribution in [3.63, 3.8) is 0 Å². The molecule has 1 aromatic rings. The summed E-state index contributed by atoms with van der Waals surface area (Å²) in [6, 6.07) is 0. The Morgan fingerprint density at radius 2 is 2.46 bits per heavy atom. The van der Waals surface area contributed by atoms with E-state index < -0.39 is 10.7 Å². The van der Waals surface area contributed by atoms with Gasteiger partial charge < -0.3 is 20.1 Å². The largest absolute Gasteiger partial charge is 0.490 e. The monoisotopic (exact) mass is 189 g/mol. The van der Waals surface area contributed by atoms with Gasteiger partial charge in [0.15, 0.2) is 0 Å². The molecule has 72 valence electrons. The SMILES string of the molecule is COCCc1no[n+]([O-])c1[N+](=O)[O-]. The molecule has 13 heavy (non-hydrogen) atoms. The van der Waals surface area contributed by atoms with Crippen LogP contribution < -0.4 is 4.90 Å². The van der Waals surface area contributed by atoms with E-state index in [-0.39, 0.29) is 23.6 Å². The smallest absolute Gasteiger partial charge is 0.384 e. The molecule has 0 unspecified atom stereocenters. The molecular weight excluding hydrogens is 182 g/mol. The molecule has 0 saturated carbocycles. The van der Waals surface area contributed by atoms with Crippen molar-refractivity contribution < 1.29 is 19.2 Å². The van der Waals surface area contributed by atoms with Gasteiger partial charge in [-0.3, -0.25) is 0 Å². The lowest BCUT2D eigenvalue weighted by Crippen LogP contribution is -2.26. The summed E-state index contributed by atoms with van der Waals surface area (Å²) in [4.78, 5) is 9.24. The Morgan fingerprint density at radius 1 is 1.77 bits per heavy atom. The summed E-state index contributed by atoms with van der Waals surface area (Å²) in [7, 11) is 1.44. The first-order valence-electron chi connectivity index (χ1n) is 3.38. The normalized spacial score (nSPS) is 10.2. The second kappa shape index (κ2) is 3.81. The molecule has 1 rings (SSSR count). The third kappa shape index (κ3) is 1.90. The molecule has 0 aliphatic rings. The van der Waals surface area contributed by atoms with Crippen LogP contribution in [0, 0.1) is 15.3 Å². The van der Waals surface area contributed by atoms with Crippen LogP contribution in [0.4, 0.5) is 5.82 Å². The van der Waals surface area contributed by atoms with Crippen LogP contribution in [0.25, 0.3) is 0 Å². The average Bonchev–Trinajstić information content (AvgIpc) is 2.43. The number of hydrogen-bond acceptors (Lipinski definition) is 6. The molecule has 0 saturated heterocycles. The van der Waals surface area contributed by atoms with Gasteiger partial charge in [-0.2, -0.15) is 4.63 Å². The second-order valence-corrected chi connectivity index (χ2v) is 2.20. The number of methoxy groups -OCH3 is 1. The quantitative estimate of drug-likeness (QED) is 0.356. The van der Waals surface area contributed by atoms with Crippen molar-refractivity contribution in [2.24, 2.45) is 0 Å². The fourth-order valence-corrected chi connectivity index (χ4v) is 0.799. The van der Waals surface area contributed by atoms with Crippen LogP contribution in [-0.2, 0) is 11.2 Å². The van der Waals surface area contributed by atoms with Gasteiger partial charge >= 0.3 is 11.5 Å². The van der Waals surface area contributed by atoms with Crippen LogP contribution in [0.1, 0.15) is 5.69 Å². The highest BCUT2D eigenvalue weighted by molar-refractivity contribution is 5.17. The van der Waals surface area contributed by atoms with E-state index in [0.29, 0.717) is 0 Å². The molecule has 1 heterocycles. The highest BCUT2D eigenvalue weighted by Gasteiger charge is 2.30. The fourth-order valence-electron chi connectivity index (χ4n) is 0.799. The summed E-state index contributed by atoms with van der Waals surface area (Å²) >= 11 is 0. The van der Waals surface area contributed by atoms with Crippen LogP contribution >= 0.6 is 0 Å². The lowest BCUT2D eigenvalue weighted by molar-refractivity contribution is -0.825. The minimum atomic E-state index is -0.839. The van der Waals surface area contributed by atoms with Crippen molar-refractivity contribution in [3.05, 3.63) is 21.0 Å². The summed E-state index contributed by atoms with van der Waals surface area (Å²) in [6.45, 7) is 0.243. The Bertz CT molecular complexity index is 309. The Morgan fingerprint density at radius 3 is 3.00 bits per heavy atom. The number of ether oxygens (including phenoxy) is 1. The van der Waals surface area contributed by atoms with Gasteiger partial charge in [-0.05, 0) is 0 Å². The Balaban J connectivity index is 2.87. The lowest BCUT2D eigenvalue weighted by atomic mass is 10.3. The second-order valence-electron chi connectivity index (χ2n) is 2.20. The molecule has 0 atom stereocenters. The van der Waals surface area contributed by atoms with Crippen LogP contribution in [0.2, 0.25) is 0 Å². The lowest BCUT2D eigenvalue weighted by Gasteiger charge is -1.90. The van der Waals surface area contributed by atoms with E-state index in [1.807, 2.05) is 0 Å². The number of nitro groups is 1. The minimum Gasteiger partial charge on any atom is -0.384 e. The molecule has 0 radical (unpaired) electrons. The van der Waals surface area contributed by atoms with E-state index in [9.17, 15) is 15.3 Å². The van der Waals surface area contributed by atoms with E-state index in [1.54, 1.807) is 0 Å². The maximum atomic E-state index is 10.6. The zero-order valence-electron chi connectivity index (χ0n) is 6.80. The molecule has 1 aromatic heterocycles. The van der Waals surface area contributed by atoms with Gasteiger partial charge in [0.25, 0.3) is 0 Å². The molecule has 0 spiro atoms. The topological polar surface area (TPSA) is 105 Å². The summed E-state index contributed by atoms with van der Waals surface area (Å²) < 4.78 is 8.74. The van der Waals surface area contributed by atoms with Crippen LogP contribution in [0.3, 0.4) is 0 Å². The Kier molecular flexibility index (Phi) is 2.75. The zero-order valence-corrected chi connectivity index (χ0v) is 6.80. The van der Waals surface area contributed by atoms with Gasteiger partial charge in [-0.1, -0.05) is 0 Å². The van der Waals surface area contributed by atoms with E-state index in [2.05, 4.69) is 14.5 Å². The molecule has 8 heteroatoms. The zero-order chi connectivity index (χ0) is 9.84. The third-order valence-corrected chi connectivity index (χ3v) is 1.37. The molecule has 0 bridgehead atoms. The first-order chi connectivity index (χ1) is 6.16. The molecule has 0 fully saturated rings. The van der Waals surface area contributed by atoms with Gasteiger partial charge in [-0.25, -0.2) is 0 Å². The van der Waals surface area contributed by atoms with Gasteiger partial charge in [0, 0.05) is 12.0 Å². The maximum absolute atomic E-state index is 10.6. The van der Waals surface area contributed by atoms with E-state index >= 15 is 0 Å². The minimum absolute atomic E-state index is 0.0122. The molecular formula is C5H7N3O5. The average molecular weight is 189 g/mol. The molecule has 0 amide bonds. The Hall–Kier alpha value is -1.70. The number of aromatic nitrogens is 2. The van der Waals surface area contributed by atoms with E-state index in [1.165, 1.54) is 7.11 Å². The standard InChI is InChI=1S/C5H7N3O5/c1-12-3-2-4-5(7(9)10)8(11)13-6-4/h2-3H2,1H3. The summed E-state index contributed by atoms with van der Waals surface area (Å²) in [5.41, 5.74) is -0.0122. The van der Waals surface area contributed by atoms with Crippen molar-refractivity contribution in [1.29, 1.82) is 0 Å². The summed E-state index contributed by atoms with van der Waals surface area (Å²) in [6.07, 6.45) is 0.172. The van der Waals surface area contributed by atoms with E-state index in [4.69, 9.17) is 0 Å². The molecule has 0 aliphatic carbocycles. The third-order valence-electron chi connectivity index (χ3n) is 1.37. The van der Waals surface area contributed by atoms with Crippen LogP contribution in [0.5, 0.6) is 0 Å². The molecule has 8 nitrogen and oxygen atoms in total. The predicted octanol–water partition coefficient (Wildman–Crippen LogP) is -0.595. The Labute approximate surface area is 72.4 Å². The van der Waals surface area contributed by atoms with Crippen molar-refractivity contribution >= 4 is 5.82 Å². The maximum Gasteiger partial charge on any atom is 0.490 e. The van der Waals surface area contributed by atoms with Crippen molar-refractivity contribution in [2.45, 2.75) is 6.42 Å². The summed E-state index contributed by atoms with van der Waals surface area (Å²) in [5.74, 6) is -0.683. The highest BCUT2D eigenvalue weighted by atomic mass is 16.8. The predicted molar refractivity (Wildman–Crippen MR) is 37.7 cm³/mol.